The van der Waals surface area contributed by atoms with Gasteiger partial charge in [0, 0.05) is 12.6 Å². The van der Waals surface area contributed by atoms with Crippen molar-refractivity contribution in [1.82, 2.24) is 5.32 Å². The number of nitrogens with one attached hydrogen (secondary N) is 1. The van der Waals surface area contributed by atoms with Gasteiger partial charge in [0.1, 0.15) is 5.75 Å². The third kappa shape index (κ3) is 3.26. The van der Waals surface area contributed by atoms with Gasteiger partial charge in [-0.3, -0.25) is 4.79 Å². The molecule has 4 heteroatoms. The van der Waals surface area contributed by atoms with Gasteiger partial charge in [-0.15, -0.1) is 0 Å². The van der Waals surface area contributed by atoms with Crippen LogP contribution in [0.1, 0.15) is 42.1 Å². The number of phenolic OH excluding ortho intramolecular Hbond substituents is 1. The van der Waals surface area contributed by atoms with Crippen LogP contribution in [0, 0.1) is 5.92 Å². The van der Waals surface area contributed by atoms with Crippen LogP contribution in [0.25, 0.3) is 0 Å². The monoisotopic (exact) mass is 263 g/mol. The minimum Gasteiger partial charge on any atom is -0.507 e. The number of phenols is 1. The fourth-order valence-corrected chi connectivity index (χ4v) is 2.37. The van der Waals surface area contributed by atoms with Crippen molar-refractivity contribution >= 4 is 5.91 Å². The largest absolute Gasteiger partial charge is 0.507 e. The Morgan fingerprint density at radius 1 is 1.47 bits per heavy atom. The Morgan fingerprint density at radius 2 is 2.21 bits per heavy atom. The topological polar surface area (TPSA) is 69.6 Å². The molecule has 0 aliphatic heterocycles. The van der Waals surface area contributed by atoms with E-state index in [2.05, 4.69) is 5.32 Å². The minimum atomic E-state index is -0.252. The van der Waals surface area contributed by atoms with Crippen molar-refractivity contribution in [3.63, 3.8) is 0 Å². The maximum atomic E-state index is 12.2. The van der Waals surface area contributed by atoms with Crippen molar-refractivity contribution in [3.8, 4) is 5.75 Å². The molecule has 0 bridgehead atoms. The van der Waals surface area contributed by atoms with Gasteiger partial charge in [-0.1, -0.05) is 19.1 Å². The first-order valence-corrected chi connectivity index (χ1v) is 6.90. The molecule has 4 nitrogen and oxygen atoms in total. The normalized spacial score (nSPS) is 16.1. The van der Waals surface area contributed by atoms with Crippen LogP contribution in [0.4, 0.5) is 0 Å². The molecule has 1 aliphatic carbocycles. The lowest BCUT2D eigenvalue weighted by molar-refractivity contribution is 0.0921. The maximum Gasteiger partial charge on any atom is 0.255 e. The van der Waals surface area contributed by atoms with E-state index in [1.54, 1.807) is 12.1 Å². The molecule has 3 N–H and O–H groups in total. The Morgan fingerprint density at radius 3 is 2.79 bits per heavy atom. The molecule has 0 aromatic heterocycles. The lowest BCUT2D eigenvalue weighted by Crippen LogP contribution is -2.37. The van der Waals surface area contributed by atoms with Gasteiger partial charge in [-0.05, 0) is 43.2 Å². The SMILES string of the molecule is CCc1cccc(C(=O)NC(CCO)C2CC2)c1O. The lowest BCUT2D eigenvalue weighted by atomic mass is 10.0. The summed E-state index contributed by atoms with van der Waals surface area (Å²) >= 11 is 0. The summed E-state index contributed by atoms with van der Waals surface area (Å²) in [7, 11) is 0. The van der Waals surface area contributed by atoms with E-state index in [1.807, 2.05) is 13.0 Å². The predicted molar refractivity (Wildman–Crippen MR) is 73.2 cm³/mol. The van der Waals surface area contributed by atoms with E-state index in [1.165, 1.54) is 0 Å². The first-order chi connectivity index (χ1) is 9.17. The van der Waals surface area contributed by atoms with E-state index >= 15 is 0 Å². The summed E-state index contributed by atoms with van der Waals surface area (Å²) in [6.07, 6.45) is 3.47. The van der Waals surface area contributed by atoms with Crippen LogP contribution < -0.4 is 5.32 Å². The van der Waals surface area contributed by atoms with Crippen LogP contribution in [-0.4, -0.2) is 28.8 Å². The number of carbonyl (C=O) groups is 1. The number of aliphatic hydroxyl groups is 1. The summed E-state index contributed by atoms with van der Waals surface area (Å²) in [5.41, 5.74) is 1.10. The summed E-state index contributed by atoms with van der Waals surface area (Å²) < 4.78 is 0. The Bertz CT molecular complexity index is 455. The van der Waals surface area contributed by atoms with Gasteiger partial charge >= 0.3 is 0 Å². The molecule has 1 saturated carbocycles. The van der Waals surface area contributed by atoms with Crippen molar-refractivity contribution in [3.05, 3.63) is 29.3 Å². The van der Waals surface area contributed by atoms with Gasteiger partial charge in [0.2, 0.25) is 0 Å². The van der Waals surface area contributed by atoms with Gasteiger partial charge in [-0.25, -0.2) is 0 Å². The quantitative estimate of drug-likeness (QED) is 0.733. The Hall–Kier alpha value is -1.55. The average molecular weight is 263 g/mol. The van der Waals surface area contributed by atoms with E-state index in [0.717, 1.165) is 18.4 Å². The molecular weight excluding hydrogens is 242 g/mol. The molecule has 0 saturated heterocycles. The molecule has 0 radical (unpaired) electrons. The minimum absolute atomic E-state index is 0.0159. The lowest BCUT2D eigenvalue weighted by Gasteiger charge is -2.18. The second kappa shape index (κ2) is 6.06. The molecule has 1 aliphatic rings. The van der Waals surface area contributed by atoms with Crippen LogP contribution in [0.5, 0.6) is 5.75 Å². The first kappa shape index (κ1) is 13.9. The number of hydrogen-bond donors (Lipinski definition) is 3. The van der Waals surface area contributed by atoms with Gasteiger partial charge in [-0.2, -0.15) is 0 Å². The standard InChI is InChI=1S/C15H21NO3/c1-2-10-4-3-5-12(14(10)18)15(19)16-13(8-9-17)11-6-7-11/h3-5,11,13,17-18H,2,6-9H2,1H3,(H,16,19). The van der Waals surface area contributed by atoms with Gasteiger partial charge in [0.25, 0.3) is 5.91 Å². The molecule has 104 valence electrons. The van der Waals surface area contributed by atoms with E-state index in [-0.39, 0.29) is 24.3 Å². The highest BCUT2D eigenvalue weighted by Gasteiger charge is 2.32. The van der Waals surface area contributed by atoms with Gasteiger partial charge in [0.05, 0.1) is 5.56 Å². The number of aryl methyl sites for hydroxylation is 1. The number of amides is 1. The third-order valence-corrected chi connectivity index (χ3v) is 3.69. The van der Waals surface area contributed by atoms with Crippen LogP contribution in [0.2, 0.25) is 0 Å². The zero-order valence-corrected chi connectivity index (χ0v) is 11.2. The van der Waals surface area contributed by atoms with E-state index in [4.69, 9.17) is 5.11 Å². The smallest absolute Gasteiger partial charge is 0.255 e. The molecule has 1 aromatic rings. The number of rotatable bonds is 6. The fourth-order valence-electron chi connectivity index (χ4n) is 2.37. The summed E-state index contributed by atoms with van der Waals surface area (Å²) in [5, 5.41) is 22.0. The number of carbonyl (C=O) groups excluding carboxylic acids is 1. The molecule has 0 spiro atoms. The summed E-state index contributed by atoms with van der Waals surface area (Å²) in [4.78, 5) is 12.2. The van der Waals surface area contributed by atoms with Crippen molar-refractivity contribution < 1.29 is 15.0 Å². The second-order valence-corrected chi connectivity index (χ2v) is 5.10. The van der Waals surface area contributed by atoms with Crippen LogP contribution in [0.3, 0.4) is 0 Å². The number of aromatic hydroxyl groups is 1. The molecule has 1 atom stereocenters. The van der Waals surface area contributed by atoms with Gasteiger partial charge in [0.15, 0.2) is 0 Å². The van der Waals surface area contributed by atoms with Gasteiger partial charge < -0.3 is 15.5 Å². The average Bonchev–Trinajstić information content (AvgIpc) is 3.22. The molecular formula is C15H21NO3. The number of hydrogen-bond acceptors (Lipinski definition) is 3. The highest BCUT2D eigenvalue weighted by atomic mass is 16.3. The molecule has 0 heterocycles. The molecule has 19 heavy (non-hydrogen) atoms. The van der Waals surface area contributed by atoms with Crippen LogP contribution >= 0.6 is 0 Å². The van der Waals surface area contributed by atoms with E-state index in [0.29, 0.717) is 24.3 Å². The highest BCUT2D eigenvalue weighted by Crippen LogP contribution is 2.34. The fraction of sp³-hybridized carbons (Fsp3) is 0.533. The summed E-state index contributed by atoms with van der Waals surface area (Å²) in [5.74, 6) is 0.298. The maximum absolute atomic E-state index is 12.2. The van der Waals surface area contributed by atoms with E-state index < -0.39 is 0 Å². The molecule has 1 unspecified atom stereocenters. The second-order valence-electron chi connectivity index (χ2n) is 5.10. The summed E-state index contributed by atoms with van der Waals surface area (Å²) in [6, 6.07) is 5.25. The van der Waals surface area contributed by atoms with Crippen molar-refractivity contribution in [1.29, 1.82) is 0 Å². The van der Waals surface area contributed by atoms with Crippen molar-refractivity contribution in [2.45, 2.75) is 38.6 Å². The third-order valence-electron chi connectivity index (χ3n) is 3.69. The predicted octanol–water partition coefficient (Wildman–Crippen LogP) is 1.85. The number of para-hydroxylation sites is 1. The molecule has 1 amide bonds. The van der Waals surface area contributed by atoms with Crippen molar-refractivity contribution in [2.75, 3.05) is 6.61 Å². The molecule has 2 rings (SSSR count). The van der Waals surface area contributed by atoms with Crippen molar-refractivity contribution in [2.24, 2.45) is 5.92 Å². The summed E-state index contributed by atoms with van der Waals surface area (Å²) in [6.45, 7) is 2.01. The molecule has 1 fully saturated rings. The first-order valence-electron chi connectivity index (χ1n) is 6.90. The number of aliphatic hydroxyl groups excluding tert-OH is 1. The van der Waals surface area contributed by atoms with Crippen LogP contribution in [0.15, 0.2) is 18.2 Å². The van der Waals surface area contributed by atoms with E-state index in [9.17, 15) is 9.90 Å². The van der Waals surface area contributed by atoms with Crippen LogP contribution in [-0.2, 0) is 6.42 Å². The zero-order chi connectivity index (χ0) is 13.8. The Kier molecular flexibility index (Phi) is 4.43. The zero-order valence-electron chi connectivity index (χ0n) is 11.2. The Labute approximate surface area is 113 Å². The Balaban J connectivity index is 2.10. The number of benzene rings is 1. The molecule has 1 aromatic carbocycles. The highest BCUT2D eigenvalue weighted by molar-refractivity contribution is 5.97.